The van der Waals surface area contributed by atoms with E-state index in [-0.39, 0.29) is 36.1 Å². The Hall–Kier alpha value is -3.42. The quantitative estimate of drug-likeness (QED) is 0.591. The molecule has 0 spiro atoms. The number of furan rings is 1. The first-order valence-electron chi connectivity index (χ1n) is 10.8. The highest BCUT2D eigenvalue weighted by molar-refractivity contribution is 5.95. The molecular weight excluding hydrogens is 406 g/mol. The fourth-order valence-corrected chi connectivity index (χ4v) is 4.00. The van der Waals surface area contributed by atoms with Crippen LogP contribution >= 0.6 is 0 Å². The molecule has 8 heteroatoms. The molecule has 3 heterocycles. The Morgan fingerprint density at radius 2 is 1.94 bits per heavy atom. The summed E-state index contributed by atoms with van der Waals surface area (Å²) in [5, 5.41) is 0.887. The molecule has 0 bridgehead atoms. The first kappa shape index (κ1) is 21.8. The number of para-hydroxylation sites is 1. The van der Waals surface area contributed by atoms with E-state index in [1.165, 1.54) is 0 Å². The van der Waals surface area contributed by atoms with Gasteiger partial charge in [0, 0.05) is 57.5 Å². The number of fused-ring (bicyclic) bond motifs is 1. The van der Waals surface area contributed by atoms with Crippen molar-refractivity contribution in [2.45, 2.75) is 38.8 Å². The van der Waals surface area contributed by atoms with Gasteiger partial charge in [-0.15, -0.1) is 0 Å². The number of carbonyl (C=O) groups excluding carboxylic acids is 2. The minimum Gasteiger partial charge on any atom is -0.451 e. The number of benzene rings is 1. The third-order valence-electron chi connectivity index (χ3n) is 5.80. The number of aromatic nitrogens is 2. The molecule has 4 rings (SSSR count). The third kappa shape index (κ3) is 4.30. The summed E-state index contributed by atoms with van der Waals surface area (Å²) in [5.74, 6) is 1.50. The van der Waals surface area contributed by atoms with Gasteiger partial charge in [-0.05, 0) is 26.0 Å². The van der Waals surface area contributed by atoms with Gasteiger partial charge in [-0.1, -0.05) is 18.2 Å². The monoisotopic (exact) mass is 435 g/mol. The van der Waals surface area contributed by atoms with E-state index >= 15 is 0 Å². The minimum atomic E-state index is -0.233. The zero-order valence-corrected chi connectivity index (χ0v) is 19.2. The van der Waals surface area contributed by atoms with Gasteiger partial charge in [-0.25, -0.2) is 9.97 Å². The summed E-state index contributed by atoms with van der Waals surface area (Å²) in [5.41, 5.74) is 1.51. The van der Waals surface area contributed by atoms with E-state index in [9.17, 15) is 9.59 Å². The predicted octanol–water partition coefficient (Wildman–Crippen LogP) is 3.29. The summed E-state index contributed by atoms with van der Waals surface area (Å²) < 4.78 is 5.72. The average Bonchev–Trinajstić information content (AvgIpc) is 3.36. The van der Waals surface area contributed by atoms with Crippen LogP contribution in [0.5, 0.6) is 0 Å². The van der Waals surface area contributed by atoms with Crippen LogP contribution in [-0.4, -0.2) is 65.3 Å². The minimum absolute atomic E-state index is 0.0155. The predicted molar refractivity (Wildman–Crippen MR) is 123 cm³/mol. The zero-order valence-electron chi connectivity index (χ0n) is 19.2. The lowest BCUT2D eigenvalue weighted by Crippen LogP contribution is -2.32. The molecular formula is C24H29N5O3. The van der Waals surface area contributed by atoms with Crippen LogP contribution in [0.25, 0.3) is 11.0 Å². The number of hydrogen-bond acceptors (Lipinski definition) is 6. The summed E-state index contributed by atoms with van der Waals surface area (Å²) in [6.45, 7) is 4.93. The maximum atomic E-state index is 13.0. The number of rotatable bonds is 6. The average molecular weight is 436 g/mol. The molecule has 1 aliphatic heterocycles. The summed E-state index contributed by atoms with van der Waals surface area (Å²) >= 11 is 0. The first-order chi connectivity index (χ1) is 15.2. The molecule has 32 heavy (non-hydrogen) atoms. The van der Waals surface area contributed by atoms with Crippen LogP contribution in [0.15, 0.2) is 40.8 Å². The molecule has 0 N–H and O–H groups in total. The molecule has 3 aromatic rings. The van der Waals surface area contributed by atoms with E-state index in [1.54, 1.807) is 18.0 Å². The number of nitrogens with zero attached hydrogens (tertiary/aromatic N) is 5. The van der Waals surface area contributed by atoms with Crippen LogP contribution in [-0.2, 0) is 11.3 Å². The molecule has 1 saturated heterocycles. The molecule has 2 aromatic heterocycles. The Bertz CT molecular complexity index is 1120. The van der Waals surface area contributed by atoms with Gasteiger partial charge < -0.3 is 19.1 Å². The largest absolute Gasteiger partial charge is 0.451 e. The molecule has 1 fully saturated rings. The van der Waals surface area contributed by atoms with Crippen molar-refractivity contribution in [3.05, 3.63) is 53.7 Å². The summed E-state index contributed by atoms with van der Waals surface area (Å²) in [4.78, 5) is 40.1. The molecule has 168 valence electrons. The second-order valence-electron chi connectivity index (χ2n) is 8.81. The van der Waals surface area contributed by atoms with E-state index in [0.717, 1.165) is 16.9 Å². The van der Waals surface area contributed by atoms with Gasteiger partial charge >= 0.3 is 0 Å². The van der Waals surface area contributed by atoms with E-state index < -0.39 is 0 Å². The van der Waals surface area contributed by atoms with Crippen molar-refractivity contribution in [3.8, 4) is 0 Å². The Morgan fingerprint density at radius 1 is 1.19 bits per heavy atom. The molecule has 1 atom stereocenters. The highest BCUT2D eigenvalue weighted by Crippen LogP contribution is 2.30. The van der Waals surface area contributed by atoms with Gasteiger partial charge in [0.1, 0.15) is 17.2 Å². The number of carbonyl (C=O) groups is 2. The highest BCUT2D eigenvalue weighted by atomic mass is 16.3. The van der Waals surface area contributed by atoms with Crippen molar-refractivity contribution >= 4 is 28.6 Å². The lowest BCUT2D eigenvalue weighted by molar-refractivity contribution is -0.129. The number of anilines is 1. The summed E-state index contributed by atoms with van der Waals surface area (Å²) in [6, 6.07) is 11.4. The van der Waals surface area contributed by atoms with Gasteiger partial charge in [0.25, 0.3) is 5.91 Å². The Balaban J connectivity index is 1.57. The first-order valence-corrected chi connectivity index (χ1v) is 10.8. The van der Waals surface area contributed by atoms with Gasteiger partial charge in [-0.3, -0.25) is 9.59 Å². The molecule has 1 aromatic carbocycles. The Labute approximate surface area is 187 Å². The highest BCUT2D eigenvalue weighted by Gasteiger charge is 2.33. The van der Waals surface area contributed by atoms with Crippen LogP contribution in [0.4, 0.5) is 5.82 Å². The van der Waals surface area contributed by atoms with Crippen LogP contribution in [0.2, 0.25) is 0 Å². The zero-order chi connectivity index (χ0) is 23.0. The van der Waals surface area contributed by atoms with Crippen LogP contribution in [0.1, 0.15) is 48.3 Å². The van der Waals surface area contributed by atoms with Crippen LogP contribution < -0.4 is 4.90 Å². The van der Waals surface area contributed by atoms with Crippen molar-refractivity contribution < 1.29 is 14.0 Å². The van der Waals surface area contributed by atoms with Gasteiger partial charge in [0.05, 0.1) is 12.2 Å². The lowest BCUT2D eigenvalue weighted by Gasteiger charge is -2.22. The van der Waals surface area contributed by atoms with Gasteiger partial charge in [-0.2, -0.15) is 0 Å². The Morgan fingerprint density at radius 3 is 2.59 bits per heavy atom. The van der Waals surface area contributed by atoms with Crippen molar-refractivity contribution in [1.29, 1.82) is 0 Å². The molecule has 0 radical (unpaired) electrons. The number of likely N-dealkylation sites (tertiary alicyclic amines) is 1. The number of amides is 2. The van der Waals surface area contributed by atoms with Crippen molar-refractivity contribution in [3.63, 3.8) is 0 Å². The van der Waals surface area contributed by atoms with Crippen molar-refractivity contribution in [2.24, 2.45) is 0 Å². The van der Waals surface area contributed by atoms with Crippen LogP contribution in [0, 0.1) is 0 Å². The lowest BCUT2D eigenvalue weighted by atomic mass is 10.0. The summed E-state index contributed by atoms with van der Waals surface area (Å²) in [7, 11) is 5.54. The Kier molecular flexibility index (Phi) is 5.86. The molecule has 1 unspecified atom stereocenters. The molecule has 2 amide bonds. The topological polar surface area (TPSA) is 82.8 Å². The molecule has 0 saturated carbocycles. The maximum absolute atomic E-state index is 13.0. The van der Waals surface area contributed by atoms with E-state index in [4.69, 9.17) is 9.40 Å². The second kappa shape index (κ2) is 8.61. The van der Waals surface area contributed by atoms with E-state index in [2.05, 4.69) is 4.98 Å². The molecule has 1 aliphatic rings. The van der Waals surface area contributed by atoms with Crippen molar-refractivity contribution in [1.82, 2.24) is 19.8 Å². The van der Waals surface area contributed by atoms with E-state index in [1.807, 2.05) is 68.1 Å². The van der Waals surface area contributed by atoms with Crippen LogP contribution in [0.3, 0.4) is 0 Å². The third-order valence-corrected chi connectivity index (χ3v) is 5.80. The second-order valence-corrected chi connectivity index (χ2v) is 8.81. The van der Waals surface area contributed by atoms with E-state index in [0.29, 0.717) is 24.4 Å². The fraction of sp³-hybridized carbons (Fsp3) is 0.417. The SMILES string of the molecule is CC(C)N1CC(c2cc(N(C)C)nc(CN(C)C(=O)c3cc4ccccc4o3)n2)CC1=O. The smallest absolute Gasteiger partial charge is 0.289 e. The summed E-state index contributed by atoms with van der Waals surface area (Å²) in [6.07, 6.45) is 0.440. The maximum Gasteiger partial charge on any atom is 0.289 e. The molecule has 8 nitrogen and oxygen atoms in total. The van der Waals surface area contributed by atoms with Gasteiger partial charge in [0.2, 0.25) is 5.91 Å². The van der Waals surface area contributed by atoms with Gasteiger partial charge in [0.15, 0.2) is 5.76 Å². The van der Waals surface area contributed by atoms with Crippen molar-refractivity contribution in [2.75, 3.05) is 32.6 Å². The molecule has 0 aliphatic carbocycles. The normalized spacial score (nSPS) is 16.2. The fourth-order valence-electron chi connectivity index (χ4n) is 4.00. The standard InChI is InChI=1S/C24H29N5O3/c1-15(2)29-13-17(11-23(29)30)18-12-22(27(3)4)26-21(25-18)14-28(5)24(31)20-10-16-8-6-7-9-19(16)32-20/h6-10,12,15,17H,11,13-14H2,1-5H3. The number of hydrogen-bond donors (Lipinski definition) is 0.